The molecule has 0 aliphatic carbocycles. The summed E-state index contributed by atoms with van der Waals surface area (Å²) >= 11 is 0. The highest BCUT2D eigenvalue weighted by molar-refractivity contribution is 5.80. The van der Waals surface area contributed by atoms with Gasteiger partial charge in [-0.25, -0.2) is 9.37 Å². The van der Waals surface area contributed by atoms with Crippen LogP contribution in [0.5, 0.6) is 5.75 Å². The van der Waals surface area contributed by atoms with E-state index >= 15 is 0 Å². The first kappa shape index (κ1) is 19.2. The minimum Gasteiger partial charge on any atom is -0.496 e. The summed E-state index contributed by atoms with van der Waals surface area (Å²) in [5, 5.41) is 0. The van der Waals surface area contributed by atoms with Crippen molar-refractivity contribution in [2.75, 3.05) is 13.7 Å². The van der Waals surface area contributed by atoms with Gasteiger partial charge in [0.1, 0.15) is 23.4 Å². The van der Waals surface area contributed by atoms with Crippen LogP contribution >= 0.6 is 0 Å². The topological polar surface area (TPSA) is 55.6 Å². The predicted octanol–water partition coefficient (Wildman–Crippen LogP) is 4.32. The van der Waals surface area contributed by atoms with Crippen LogP contribution < -0.4 is 4.74 Å². The number of carbonyl (C=O) groups excluding carboxylic acids is 1. The van der Waals surface area contributed by atoms with Gasteiger partial charge >= 0.3 is 0 Å². The predicted molar refractivity (Wildman–Crippen MR) is 106 cm³/mol. The SMILES string of the molecule is COc1ccccc1CC(=O)N1CCC[C@H]1c1ncc(Cc2ccc(F)cc2)o1. The van der Waals surface area contributed by atoms with E-state index in [1.807, 2.05) is 29.2 Å². The lowest BCUT2D eigenvalue weighted by Gasteiger charge is -2.22. The second-order valence-electron chi connectivity index (χ2n) is 7.20. The number of likely N-dealkylation sites (tertiary alicyclic amines) is 1. The molecule has 0 spiro atoms. The fourth-order valence-corrected chi connectivity index (χ4v) is 3.80. The van der Waals surface area contributed by atoms with Crippen LogP contribution in [0.25, 0.3) is 0 Å². The minimum absolute atomic E-state index is 0.0373. The molecule has 2 heterocycles. The van der Waals surface area contributed by atoms with Crippen LogP contribution in [0.15, 0.2) is 59.1 Å². The molecule has 1 aromatic heterocycles. The summed E-state index contributed by atoms with van der Waals surface area (Å²) in [5.74, 6) is 1.76. The summed E-state index contributed by atoms with van der Waals surface area (Å²) in [7, 11) is 1.61. The van der Waals surface area contributed by atoms with Crippen molar-refractivity contribution in [1.82, 2.24) is 9.88 Å². The van der Waals surface area contributed by atoms with Gasteiger partial charge in [-0.15, -0.1) is 0 Å². The van der Waals surface area contributed by atoms with Crippen LogP contribution in [0, 0.1) is 5.82 Å². The van der Waals surface area contributed by atoms with E-state index in [0.29, 0.717) is 30.4 Å². The number of nitrogens with zero attached hydrogens (tertiary/aromatic N) is 2. The first-order valence-electron chi connectivity index (χ1n) is 9.74. The summed E-state index contributed by atoms with van der Waals surface area (Å²) in [6.07, 6.45) is 4.25. The zero-order valence-electron chi connectivity index (χ0n) is 16.3. The number of hydrogen-bond acceptors (Lipinski definition) is 4. The lowest BCUT2D eigenvalue weighted by atomic mass is 10.1. The van der Waals surface area contributed by atoms with Gasteiger partial charge in [0.25, 0.3) is 0 Å². The number of aromatic nitrogens is 1. The lowest BCUT2D eigenvalue weighted by molar-refractivity contribution is -0.131. The van der Waals surface area contributed by atoms with E-state index in [0.717, 1.165) is 24.0 Å². The molecule has 150 valence electrons. The average molecular weight is 394 g/mol. The zero-order valence-corrected chi connectivity index (χ0v) is 16.3. The van der Waals surface area contributed by atoms with Gasteiger partial charge in [0, 0.05) is 18.5 Å². The Kier molecular flexibility index (Phi) is 5.60. The summed E-state index contributed by atoms with van der Waals surface area (Å²) in [4.78, 5) is 19.2. The molecule has 1 fully saturated rings. The Morgan fingerprint density at radius 1 is 1.24 bits per heavy atom. The van der Waals surface area contributed by atoms with Crippen molar-refractivity contribution >= 4 is 5.91 Å². The Bertz CT molecular complexity index is 984. The highest BCUT2D eigenvalue weighted by Gasteiger charge is 2.33. The first-order valence-corrected chi connectivity index (χ1v) is 9.74. The van der Waals surface area contributed by atoms with Gasteiger partial charge < -0.3 is 14.1 Å². The second-order valence-corrected chi connectivity index (χ2v) is 7.20. The van der Waals surface area contributed by atoms with Crippen molar-refractivity contribution < 1.29 is 18.3 Å². The Morgan fingerprint density at radius 3 is 2.83 bits per heavy atom. The molecule has 0 bridgehead atoms. The zero-order chi connectivity index (χ0) is 20.2. The first-order chi connectivity index (χ1) is 14.1. The van der Waals surface area contributed by atoms with Crippen molar-refractivity contribution in [2.24, 2.45) is 0 Å². The molecule has 1 aliphatic rings. The van der Waals surface area contributed by atoms with E-state index in [4.69, 9.17) is 9.15 Å². The molecule has 5 nitrogen and oxygen atoms in total. The molecule has 0 radical (unpaired) electrons. The highest BCUT2D eigenvalue weighted by atomic mass is 19.1. The van der Waals surface area contributed by atoms with E-state index < -0.39 is 0 Å². The quantitative estimate of drug-likeness (QED) is 0.625. The van der Waals surface area contributed by atoms with Crippen LogP contribution in [0.3, 0.4) is 0 Å². The van der Waals surface area contributed by atoms with Gasteiger partial charge in [0.05, 0.1) is 19.7 Å². The van der Waals surface area contributed by atoms with Gasteiger partial charge in [-0.2, -0.15) is 0 Å². The summed E-state index contributed by atoms with van der Waals surface area (Å²) < 4.78 is 24.4. The summed E-state index contributed by atoms with van der Waals surface area (Å²) in [5.41, 5.74) is 1.82. The summed E-state index contributed by atoms with van der Waals surface area (Å²) in [6.45, 7) is 0.689. The molecule has 4 rings (SSSR count). The molecule has 6 heteroatoms. The third kappa shape index (κ3) is 4.31. The largest absolute Gasteiger partial charge is 0.496 e. The molecule has 1 atom stereocenters. The maximum Gasteiger partial charge on any atom is 0.227 e. The molecule has 0 unspecified atom stereocenters. The van der Waals surface area contributed by atoms with Crippen LogP contribution in [0.1, 0.15) is 41.7 Å². The van der Waals surface area contributed by atoms with Gasteiger partial charge in [-0.1, -0.05) is 30.3 Å². The van der Waals surface area contributed by atoms with Gasteiger partial charge in [-0.3, -0.25) is 4.79 Å². The Hall–Kier alpha value is -3.15. The number of benzene rings is 2. The molecule has 2 aromatic carbocycles. The molecular weight excluding hydrogens is 371 g/mol. The standard InChI is InChI=1S/C23H23FN2O3/c1-28-21-7-3-2-5-17(21)14-22(27)26-12-4-6-20(26)23-25-15-19(29-23)13-16-8-10-18(24)11-9-16/h2-3,5,7-11,15,20H,4,6,12-14H2,1H3/t20-/m0/s1. The van der Waals surface area contributed by atoms with E-state index in [-0.39, 0.29) is 24.2 Å². The van der Waals surface area contributed by atoms with E-state index in [1.54, 1.807) is 25.4 Å². The summed E-state index contributed by atoms with van der Waals surface area (Å²) in [6, 6.07) is 13.7. The van der Waals surface area contributed by atoms with Crippen LogP contribution in [-0.4, -0.2) is 29.4 Å². The van der Waals surface area contributed by atoms with Crippen molar-refractivity contribution in [2.45, 2.75) is 31.7 Å². The molecule has 1 aliphatic heterocycles. The van der Waals surface area contributed by atoms with Crippen molar-refractivity contribution in [3.8, 4) is 5.75 Å². The Morgan fingerprint density at radius 2 is 2.03 bits per heavy atom. The molecule has 29 heavy (non-hydrogen) atoms. The maximum absolute atomic E-state index is 13.1. The van der Waals surface area contributed by atoms with Gasteiger partial charge in [0.2, 0.25) is 11.8 Å². The maximum atomic E-state index is 13.1. The number of hydrogen-bond donors (Lipinski definition) is 0. The Balaban J connectivity index is 1.46. The molecule has 0 saturated carbocycles. The lowest BCUT2D eigenvalue weighted by Crippen LogP contribution is -2.32. The van der Waals surface area contributed by atoms with Gasteiger partial charge in [0.15, 0.2) is 0 Å². The number of carbonyl (C=O) groups is 1. The van der Waals surface area contributed by atoms with Crippen molar-refractivity contribution in [3.05, 3.63) is 83.3 Å². The minimum atomic E-state index is -0.262. The number of amides is 1. The number of halogens is 1. The molecular formula is C23H23FN2O3. The number of oxazole rings is 1. The third-order valence-electron chi connectivity index (χ3n) is 5.26. The van der Waals surface area contributed by atoms with Crippen LogP contribution in [0.2, 0.25) is 0 Å². The van der Waals surface area contributed by atoms with Gasteiger partial charge in [-0.05, 0) is 36.6 Å². The highest BCUT2D eigenvalue weighted by Crippen LogP contribution is 2.33. The third-order valence-corrected chi connectivity index (χ3v) is 5.26. The van der Waals surface area contributed by atoms with Crippen molar-refractivity contribution in [3.63, 3.8) is 0 Å². The van der Waals surface area contributed by atoms with Crippen LogP contribution in [-0.2, 0) is 17.6 Å². The Labute approximate surface area is 169 Å². The van der Waals surface area contributed by atoms with Crippen molar-refractivity contribution in [1.29, 1.82) is 0 Å². The number of rotatable bonds is 6. The fourth-order valence-electron chi connectivity index (χ4n) is 3.80. The number of methoxy groups -OCH3 is 1. The monoisotopic (exact) mass is 394 g/mol. The van der Waals surface area contributed by atoms with E-state index in [2.05, 4.69) is 4.98 Å². The number of ether oxygens (including phenoxy) is 1. The van der Waals surface area contributed by atoms with E-state index in [1.165, 1.54) is 12.1 Å². The fraction of sp³-hybridized carbons (Fsp3) is 0.304. The molecule has 3 aromatic rings. The molecule has 1 saturated heterocycles. The van der Waals surface area contributed by atoms with E-state index in [9.17, 15) is 9.18 Å². The smallest absolute Gasteiger partial charge is 0.227 e. The molecule has 0 N–H and O–H groups in total. The average Bonchev–Trinajstić information content (AvgIpc) is 3.39. The molecule has 1 amide bonds. The number of para-hydroxylation sites is 1. The van der Waals surface area contributed by atoms with Crippen LogP contribution in [0.4, 0.5) is 4.39 Å². The normalized spacial score (nSPS) is 16.2. The second kappa shape index (κ2) is 8.47.